The first-order valence-electron chi connectivity index (χ1n) is 47.8. The highest BCUT2D eigenvalue weighted by atomic mass is 32.2. The van der Waals surface area contributed by atoms with Crippen molar-refractivity contribution >= 4 is 166 Å². The minimum atomic E-state index is -0.406. The van der Waals surface area contributed by atoms with Crippen molar-refractivity contribution in [1.82, 2.24) is 0 Å². The van der Waals surface area contributed by atoms with Gasteiger partial charge in [0.2, 0.25) is 0 Å². The molecule has 0 radical (unpaired) electrons. The van der Waals surface area contributed by atoms with Gasteiger partial charge >= 0.3 is 0 Å². The van der Waals surface area contributed by atoms with Gasteiger partial charge in [-0.05, 0) is 266 Å². The number of rotatable bonds is 8. The van der Waals surface area contributed by atoms with Gasteiger partial charge in [-0.15, -0.1) is 11.3 Å². The van der Waals surface area contributed by atoms with Crippen LogP contribution in [0.1, 0.15) is 66.8 Å². The van der Waals surface area contributed by atoms with Crippen LogP contribution in [0.4, 0.5) is 34.1 Å². The summed E-state index contributed by atoms with van der Waals surface area (Å²) in [4.78, 5) is 7.83. The van der Waals surface area contributed by atoms with Crippen molar-refractivity contribution in [1.29, 1.82) is 0 Å². The second kappa shape index (κ2) is 31.9. The fourth-order valence-electron chi connectivity index (χ4n) is 24.3. The summed E-state index contributed by atoms with van der Waals surface area (Å²) in [6, 6.07) is 173. The van der Waals surface area contributed by atoms with Gasteiger partial charge in [0.05, 0.1) is 38.4 Å². The third-order valence-electron chi connectivity index (χ3n) is 30.0. The Morgan fingerprint density at radius 1 is 0.186 bits per heavy atom. The van der Waals surface area contributed by atoms with Crippen LogP contribution in [0.2, 0.25) is 0 Å². The molecule has 656 valence electrons. The SMILES string of the molecule is c1ccc(-c2ccc(Nc3ccc4c(c3)C3(c5ccccc5S4)c4ccccc4-c4ccccc43)c3c2oc2ccccc23)cc1.c1ccc2c(c1)Sc1ccc(Nc3cccc4oc5ccc6ccccc6c5c34)cc1C21c2ccccc2-c2ccccc21.c1ccc2c(c1)Sc1ccc(Nc3cccc4sc5cc(-c6cccc7ccccc67)ccc5c34)cc1C21c2ccccc2-c2ccccc21. The van der Waals surface area contributed by atoms with Gasteiger partial charge in [0.15, 0.2) is 0 Å². The minimum absolute atomic E-state index is 0.388. The molecule has 9 heteroatoms. The number of para-hydroxylation sites is 1. The molecule has 3 spiro atoms. The Morgan fingerprint density at radius 2 is 0.564 bits per heavy atom. The fraction of sp³-hybridized carbons (Fsp3) is 0.0229. The molecule has 0 amide bonds. The number of hydrogen-bond acceptors (Lipinski definition) is 9. The molecule has 6 aliphatic rings. The minimum Gasteiger partial charge on any atom is -0.456 e. The van der Waals surface area contributed by atoms with E-state index in [1.807, 2.05) is 52.7 Å². The molecule has 0 saturated carbocycles. The van der Waals surface area contributed by atoms with Crippen molar-refractivity contribution in [3.63, 3.8) is 0 Å². The molecular weight excluding hydrogens is 1780 g/mol. The van der Waals surface area contributed by atoms with E-state index in [1.54, 1.807) is 0 Å². The summed E-state index contributed by atoms with van der Waals surface area (Å²) in [5, 5.41) is 23.6. The van der Waals surface area contributed by atoms with Crippen LogP contribution in [-0.4, -0.2) is 0 Å². The maximum Gasteiger partial charge on any atom is 0.145 e. The lowest BCUT2D eigenvalue weighted by molar-refractivity contribution is 0.669. The summed E-state index contributed by atoms with van der Waals surface area (Å²) in [6.07, 6.45) is 0. The molecule has 3 N–H and O–H groups in total. The van der Waals surface area contributed by atoms with Crippen molar-refractivity contribution in [2.24, 2.45) is 0 Å². The molecule has 0 atom stereocenters. The average Bonchev–Trinajstić information content (AvgIpc) is 1.52. The van der Waals surface area contributed by atoms with Crippen LogP contribution >= 0.6 is 46.6 Å². The maximum absolute atomic E-state index is 6.56. The van der Waals surface area contributed by atoms with Crippen LogP contribution in [0.5, 0.6) is 0 Å². The highest BCUT2D eigenvalue weighted by molar-refractivity contribution is 8.00. The molecule has 6 heterocycles. The van der Waals surface area contributed by atoms with Crippen LogP contribution < -0.4 is 16.0 Å². The number of hydrogen-bond donors (Lipinski definition) is 3. The molecule has 140 heavy (non-hydrogen) atoms. The van der Waals surface area contributed by atoms with E-state index in [0.717, 1.165) is 89.1 Å². The zero-order valence-corrected chi connectivity index (χ0v) is 78.7. The number of furan rings is 2. The van der Waals surface area contributed by atoms with Crippen LogP contribution in [0.25, 0.3) is 141 Å². The lowest BCUT2D eigenvalue weighted by Gasteiger charge is -2.40. The van der Waals surface area contributed by atoms with Gasteiger partial charge in [0.25, 0.3) is 0 Å². The Kier molecular flexibility index (Phi) is 18.4. The van der Waals surface area contributed by atoms with Crippen molar-refractivity contribution in [3.8, 4) is 55.6 Å². The van der Waals surface area contributed by atoms with Gasteiger partial charge in [0.1, 0.15) is 22.3 Å². The van der Waals surface area contributed by atoms with Gasteiger partial charge in [-0.3, -0.25) is 0 Å². The van der Waals surface area contributed by atoms with Crippen LogP contribution in [0.15, 0.2) is 511 Å². The third kappa shape index (κ3) is 12.0. The molecular formula is C131H81N3O2S4. The summed E-state index contributed by atoms with van der Waals surface area (Å²) >= 11 is 7.50. The molecule has 22 aromatic carbocycles. The highest BCUT2D eigenvalue weighted by Gasteiger charge is 2.54. The Bertz CT molecular complexity index is 9390. The van der Waals surface area contributed by atoms with Crippen LogP contribution in [0, 0.1) is 0 Å². The first-order valence-corrected chi connectivity index (χ1v) is 51.1. The van der Waals surface area contributed by atoms with E-state index in [-0.39, 0.29) is 5.41 Å². The summed E-state index contributed by atoms with van der Waals surface area (Å²) in [7, 11) is 0. The largest absolute Gasteiger partial charge is 0.456 e. The fourth-order valence-corrected chi connectivity index (χ4v) is 29.0. The molecule has 0 saturated heterocycles. The molecule has 0 unspecified atom stereocenters. The number of benzene rings is 22. The zero-order chi connectivity index (χ0) is 91.9. The van der Waals surface area contributed by atoms with Gasteiger partial charge in [0, 0.05) is 88.6 Å². The zero-order valence-electron chi connectivity index (χ0n) is 75.5. The standard InChI is InChI=1S/C47H29NS2.C43H27NOS.C41H25NOS/c1-2-13-32-29(11-1)12-9-16-33(32)30-23-25-36-45(27-30)50-44-22-10-20-41(46(36)44)48-31-24-26-43-40(28-31)47(39-19-7-8-21-42(39)49-43)37-17-5-3-14-34(37)35-15-4-6-18-38(35)47;1-2-12-27(13-3-1)29-23-24-37(41-32-16-6-10-20-38(32)45-42(29)41)44-28-22-25-40-36(26-28)43(35-19-9-11-21-39(35)46-40)33-17-7-4-14-30(33)31-15-5-8-18-34(31)43;1-2-11-27-25(10-1)20-22-36-39(27)40-34(17-9-18-35(40)43-36)42-26-21-23-38-33(24-26)41(32-16-7-8-19-37(32)44-38)30-14-5-3-12-28(30)29-13-4-6-15-31(29)41/h1-28,48H;1-26,44H;1-24,42H. The number of thiophene rings is 1. The van der Waals surface area contributed by atoms with Crippen molar-refractivity contribution < 1.29 is 8.83 Å². The average molecular weight is 1860 g/mol. The molecule has 31 rings (SSSR count). The van der Waals surface area contributed by atoms with Crippen molar-refractivity contribution in [2.75, 3.05) is 16.0 Å². The summed E-state index contributed by atoms with van der Waals surface area (Å²) in [5.41, 5.74) is 37.6. The first-order chi connectivity index (χ1) is 69.4. The van der Waals surface area contributed by atoms with Crippen LogP contribution in [0.3, 0.4) is 0 Å². The number of anilines is 6. The van der Waals surface area contributed by atoms with Gasteiger partial charge in [-0.1, -0.05) is 381 Å². The van der Waals surface area contributed by atoms with E-state index in [9.17, 15) is 0 Å². The molecule has 3 aromatic heterocycles. The van der Waals surface area contributed by atoms with E-state index in [4.69, 9.17) is 8.83 Å². The van der Waals surface area contributed by atoms with E-state index in [1.165, 1.54) is 182 Å². The smallest absolute Gasteiger partial charge is 0.145 e. The Hall–Kier alpha value is -16.4. The van der Waals surface area contributed by atoms with E-state index in [0.29, 0.717) is 0 Å². The normalized spacial score (nSPS) is 13.8. The van der Waals surface area contributed by atoms with E-state index >= 15 is 0 Å². The Balaban J connectivity index is 0.000000101. The molecule has 0 bridgehead atoms. The second-order valence-electron chi connectivity index (χ2n) is 37.1. The monoisotopic (exact) mass is 1860 g/mol. The van der Waals surface area contributed by atoms with Crippen molar-refractivity contribution in [3.05, 3.63) is 540 Å². The third-order valence-corrected chi connectivity index (χ3v) is 34.5. The molecule has 3 aliphatic heterocycles. The second-order valence-corrected chi connectivity index (χ2v) is 41.4. The van der Waals surface area contributed by atoms with E-state index < -0.39 is 10.8 Å². The number of nitrogens with one attached hydrogen (secondary N) is 3. The highest BCUT2D eigenvalue weighted by Crippen LogP contribution is 2.67. The predicted molar refractivity (Wildman–Crippen MR) is 586 cm³/mol. The van der Waals surface area contributed by atoms with E-state index in [2.05, 4.69) is 483 Å². The van der Waals surface area contributed by atoms with Crippen molar-refractivity contribution in [2.45, 2.75) is 45.6 Å². The first kappa shape index (κ1) is 80.9. The lowest BCUT2D eigenvalue weighted by atomic mass is 9.67. The maximum atomic E-state index is 6.56. The van der Waals surface area contributed by atoms with Crippen LogP contribution in [-0.2, 0) is 16.2 Å². The molecule has 25 aromatic rings. The van der Waals surface area contributed by atoms with Gasteiger partial charge in [-0.2, -0.15) is 0 Å². The summed E-state index contributed by atoms with van der Waals surface area (Å²) < 4.78 is 15.5. The van der Waals surface area contributed by atoms with Gasteiger partial charge < -0.3 is 24.8 Å². The summed E-state index contributed by atoms with van der Waals surface area (Å²) in [6.45, 7) is 0. The number of fused-ring (bicyclic) bond motifs is 39. The van der Waals surface area contributed by atoms with Gasteiger partial charge in [-0.25, -0.2) is 0 Å². The molecule has 3 aliphatic carbocycles. The summed E-state index contributed by atoms with van der Waals surface area (Å²) in [5.74, 6) is 0. The molecule has 5 nitrogen and oxygen atoms in total. The quantitative estimate of drug-likeness (QED) is 0.139. The Labute approximate surface area is 825 Å². The topological polar surface area (TPSA) is 62.4 Å². The molecule has 0 fully saturated rings. The lowest BCUT2D eigenvalue weighted by Crippen LogP contribution is -2.32. The Morgan fingerprint density at radius 3 is 1.08 bits per heavy atom. The predicted octanol–water partition coefficient (Wildman–Crippen LogP) is 36.6.